The van der Waals surface area contributed by atoms with Crippen molar-refractivity contribution in [3.8, 4) is 11.4 Å². The van der Waals surface area contributed by atoms with Gasteiger partial charge in [-0.2, -0.15) is 10.2 Å². The van der Waals surface area contributed by atoms with Crippen LogP contribution in [0.2, 0.25) is 0 Å². The molecular formula is C18H15N9O2. The van der Waals surface area contributed by atoms with Crippen LogP contribution in [0.25, 0.3) is 28.1 Å². The van der Waals surface area contributed by atoms with Crippen LogP contribution in [0.3, 0.4) is 0 Å². The normalized spacial score (nSPS) is 11.5. The Hall–Kier alpha value is -4.15. The molecule has 0 radical (unpaired) electrons. The maximum Gasteiger partial charge on any atom is 0.312 e. The van der Waals surface area contributed by atoms with Crippen LogP contribution >= 0.6 is 0 Å². The Kier molecular flexibility index (Phi) is 3.63. The fourth-order valence-corrected chi connectivity index (χ4v) is 3.50. The van der Waals surface area contributed by atoms with Crippen molar-refractivity contribution in [2.45, 2.75) is 20.4 Å². The van der Waals surface area contributed by atoms with E-state index in [0.29, 0.717) is 35.1 Å². The molecule has 29 heavy (non-hydrogen) atoms. The molecule has 0 saturated carbocycles. The minimum absolute atomic E-state index is 0.0433. The van der Waals surface area contributed by atoms with Gasteiger partial charge in [0.1, 0.15) is 17.7 Å². The highest BCUT2D eigenvalue weighted by molar-refractivity contribution is 5.88. The molecule has 1 N–H and O–H groups in total. The van der Waals surface area contributed by atoms with Crippen molar-refractivity contribution >= 4 is 22.4 Å². The van der Waals surface area contributed by atoms with Gasteiger partial charge in [-0.1, -0.05) is 24.3 Å². The van der Waals surface area contributed by atoms with Crippen LogP contribution in [0.1, 0.15) is 17.0 Å². The van der Waals surface area contributed by atoms with Crippen LogP contribution in [0.4, 0.5) is 5.69 Å². The van der Waals surface area contributed by atoms with Crippen LogP contribution < -0.4 is 0 Å². The van der Waals surface area contributed by atoms with E-state index in [9.17, 15) is 10.1 Å². The van der Waals surface area contributed by atoms with Crippen molar-refractivity contribution in [1.82, 2.24) is 39.6 Å². The summed E-state index contributed by atoms with van der Waals surface area (Å²) in [4.78, 5) is 19.8. The third-order valence-electron chi connectivity index (χ3n) is 4.89. The molecule has 0 atom stereocenters. The van der Waals surface area contributed by atoms with E-state index >= 15 is 0 Å². The lowest BCUT2D eigenvalue weighted by atomic mass is 10.1. The minimum Gasteiger partial charge on any atom is -0.261 e. The van der Waals surface area contributed by atoms with Crippen LogP contribution in [-0.2, 0) is 6.54 Å². The number of fused-ring (bicyclic) bond motifs is 3. The molecule has 0 aliphatic heterocycles. The average Bonchev–Trinajstić information content (AvgIpc) is 3.39. The van der Waals surface area contributed by atoms with Gasteiger partial charge in [0.15, 0.2) is 17.1 Å². The van der Waals surface area contributed by atoms with E-state index in [2.05, 4.69) is 30.4 Å². The lowest BCUT2D eigenvalue weighted by molar-refractivity contribution is -0.386. The second kappa shape index (κ2) is 6.19. The maximum absolute atomic E-state index is 11.3. The van der Waals surface area contributed by atoms with Crippen molar-refractivity contribution in [2.75, 3.05) is 0 Å². The monoisotopic (exact) mass is 389 g/mol. The minimum atomic E-state index is -0.396. The smallest absolute Gasteiger partial charge is 0.261 e. The Morgan fingerprint density at radius 1 is 1.21 bits per heavy atom. The van der Waals surface area contributed by atoms with Crippen molar-refractivity contribution in [1.29, 1.82) is 0 Å². The maximum atomic E-state index is 11.3. The third-order valence-corrected chi connectivity index (χ3v) is 4.89. The standard InChI is InChI=1S/C18H15N9O2/c1-10-15(27(28)29)11(2)25(23-10)8-12-5-3-4-6-13(12)17-21-18-14-7-20-22-16(14)19-9-26(18)24-17/h3-7,9H,8H2,1-2H3,(H,20,22). The number of nitrogens with one attached hydrogen (secondary N) is 1. The Morgan fingerprint density at radius 2 is 2.03 bits per heavy atom. The van der Waals surface area contributed by atoms with Crippen LogP contribution in [0, 0.1) is 24.0 Å². The summed E-state index contributed by atoms with van der Waals surface area (Å²) in [6, 6.07) is 7.67. The summed E-state index contributed by atoms with van der Waals surface area (Å²) in [7, 11) is 0. The molecule has 11 nitrogen and oxygen atoms in total. The number of hydrogen-bond acceptors (Lipinski definition) is 7. The first kappa shape index (κ1) is 17.0. The summed E-state index contributed by atoms with van der Waals surface area (Å²) >= 11 is 0. The first-order valence-electron chi connectivity index (χ1n) is 8.84. The molecule has 0 amide bonds. The molecule has 5 aromatic rings. The van der Waals surface area contributed by atoms with Crippen LogP contribution in [-0.4, -0.2) is 44.5 Å². The number of rotatable bonds is 4. The highest BCUT2D eigenvalue weighted by Crippen LogP contribution is 2.26. The number of aromatic amines is 1. The molecule has 0 bridgehead atoms. The van der Waals surface area contributed by atoms with Gasteiger partial charge >= 0.3 is 5.69 Å². The number of benzene rings is 1. The zero-order valence-corrected chi connectivity index (χ0v) is 15.6. The van der Waals surface area contributed by atoms with Crippen molar-refractivity contribution in [3.63, 3.8) is 0 Å². The molecule has 0 aliphatic rings. The van der Waals surface area contributed by atoms with E-state index in [4.69, 9.17) is 0 Å². The van der Waals surface area contributed by atoms with E-state index in [1.54, 1.807) is 35.6 Å². The second-order valence-corrected chi connectivity index (χ2v) is 6.67. The molecule has 0 fully saturated rings. The van der Waals surface area contributed by atoms with Gasteiger partial charge in [-0.15, -0.1) is 5.10 Å². The van der Waals surface area contributed by atoms with Gasteiger partial charge in [-0.25, -0.2) is 14.5 Å². The Balaban J connectivity index is 1.61. The molecule has 0 spiro atoms. The second-order valence-electron chi connectivity index (χ2n) is 6.67. The molecule has 0 unspecified atom stereocenters. The zero-order chi connectivity index (χ0) is 20.1. The molecule has 11 heteroatoms. The van der Waals surface area contributed by atoms with Crippen LogP contribution in [0.15, 0.2) is 36.8 Å². The summed E-state index contributed by atoms with van der Waals surface area (Å²) in [6.07, 6.45) is 3.25. The Bertz CT molecular complexity index is 1400. The number of H-pyrrole nitrogens is 1. The fourth-order valence-electron chi connectivity index (χ4n) is 3.50. The topological polar surface area (TPSA) is 133 Å². The lowest BCUT2D eigenvalue weighted by Crippen LogP contribution is -2.06. The molecule has 144 valence electrons. The molecule has 1 aromatic carbocycles. The molecule has 0 saturated heterocycles. The van der Waals surface area contributed by atoms with Gasteiger partial charge in [0, 0.05) is 5.56 Å². The molecular weight excluding hydrogens is 374 g/mol. The predicted octanol–water partition coefficient (Wildman–Crippen LogP) is 2.44. The third kappa shape index (κ3) is 2.63. The molecule has 4 aromatic heterocycles. The van der Waals surface area contributed by atoms with E-state index in [1.807, 2.05) is 24.3 Å². The Morgan fingerprint density at radius 3 is 2.83 bits per heavy atom. The largest absolute Gasteiger partial charge is 0.312 e. The molecule has 4 heterocycles. The van der Waals surface area contributed by atoms with Crippen molar-refractivity contribution in [2.24, 2.45) is 0 Å². The van der Waals surface area contributed by atoms with E-state index in [-0.39, 0.29) is 5.69 Å². The van der Waals surface area contributed by atoms with E-state index in [0.717, 1.165) is 16.5 Å². The fraction of sp³-hybridized carbons (Fsp3) is 0.167. The number of nitro groups is 1. The summed E-state index contributed by atoms with van der Waals surface area (Å²) < 4.78 is 3.25. The summed E-state index contributed by atoms with van der Waals surface area (Å²) in [5.41, 5.74) is 3.96. The van der Waals surface area contributed by atoms with Gasteiger partial charge in [-0.05, 0) is 19.4 Å². The quantitative estimate of drug-likeness (QED) is 0.369. The molecule has 5 rings (SSSR count). The SMILES string of the molecule is Cc1nn(Cc2ccccc2-c2nc3c4cn[nH]c4ncn3n2)c(C)c1[N+](=O)[O-]. The Labute approximate surface area is 163 Å². The van der Waals surface area contributed by atoms with Gasteiger partial charge in [0.2, 0.25) is 0 Å². The van der Waals surface area contributed by atoms with Gasteiger partial charge < -0.3 is 0 Å². The van der Waals surface area contributed by atoms with Gasteiger partial charge in [0.25, 0.3) is 0 Å². The number of aromatic nitrogens is 8. The average molecular weight is 389 g/mol. The molecule has 0 aliphatic carbocycles. The number of hydrogen-bond donors (Lipinski definition) is 1. The first-order valence-corrected chi connectivity index (χ1v) is 8.84. The summed E-state index contributed by atoms with van der Waals surface area (Å²) in [5, 5.41) is 27.8. The lowest BCUT2D eigenvalue weighted by Gasteiger charge is -2.08. The predicted molar refractivity (Wildman–Crippen MR) is 103 cm³/mol. The van der Waals surface area contributed by atoms with Gasteiger partial charge in [-0.3, -0.25) is 19.9 Å². The highest BCUT2D eigenvalue weighted by atomic mass is 16.6. The summed E-state index contributed by atoms with van der Waals surface area (Å²) in [5.74, 6) is 0.534. The van der Waals surface area contributed by atoms with Gasteiger partial charge in [0.05, 0.1) is 23.1 Å². The summed E-state index contributed by atoms with van der Waals surface area (Å²) in [6.45, 7) is 3.71. The van der Waals surface area contributed by atoms with E-state index in [1.165, 1.54) is 0 Å². The first-order chi connectivity index (χ1) is 14.0. The van der Waals surface area contributed by atoms with E-state index < -0.39 is 4.92 Å². The highest BCUT2D eigenvalue weighted by Gasteiger charge is 2.22. The van der Waals surface area contributed by atoms with Crippen LogP contribution in [0.5, 0.6) is 0 Å². The number of aryl methyl sites for hydroxylation is 1. The van der Waals surface area contributed by atoms with Crippen molar-refractivity contribution in [3.05, 3.63) is 63.9 Å². The van der Waals surface area contributed by atoms with Crippen molar-refractivity contribution < 1.29 is 4.92 Å². The zero-order valence-electron chi connectivity index (χ0n) is 15.6. The number of nitrogens with zero attached hydrogens (tertiary/aromatic N) is 8.